The van der Waals surface area contributed by atoms with E-state index in [4.69, 9.17) is 9.97 Å². The lowest BCUT2D eigenvalue weighted by atomic mass is 9.86. The molecule has 1 aliphatic rings. The van der Waals surface area contributed by atoms with Crippen LogP contribution in [0.4, 0.5) is 0 Å². The number of fused-ring (bicyclic) bond motifs is 4. The third-order valence-electron chi connectivity index (χ3n) is 9.75. The second-order valence-electron chi connectivity index (χ2n) is 12.5. The van der Waals surface area contributed by atoms with E-state index in [0.29, 0.717) is 0 Å². The first-order valence-electron chi connectivity index (χ1n) is 16.7. The number of hydrogen-bond donors (Lipinski definition) is 0. The highest BCUT2D eigenvalue weighted by molar-refractivity contribution is 6.22. The summed E-state index contributed by atoms with van der Waals surface area (Å²) in [6.45, 7) is 0. The lowest BCUT2D eigenvalue weighted by Gasteiger charge is -2.21. The zero-order valence-electron chi connectivity index (χ0n) is 26.6. The van der Waals surface area contributed by atoms with E-state index in [1.54, 1.807) is 0 Å². The van der Waals surface area contributed by atoms with Gasteiger partial charge in [-0.1, -0.05) is 152 Å². The molecule has 7 aromatic carbocycles. The van der Waals surface area contributed by atoms with Gasteiger partial charge in [-0.3, -0.25) is 4.57 Å². The second-order valence-corrected chi connectivity index (χ2v) is 12.5. The lowest BCUT2D eigenvalue weighted by Crippen LogP contribution is -2.02. The van der Waals surface area contributed by atoms with Crippen molar-refractivity contribution < 1.29 is 0 Å². The average molecular weight is 624 g/mol. The van der Waals surface area contributed by atoms with Crippen LogP contribution < -0.4 is 0 Å². The van der Waals surface area contributed by atoms with Crippen LogP contribution in [0.15, 0.2) is 176 Å². The SMILES string of the molecule is c1ccc(-c2nc(-c3ccccc3-c3nc4ccccc4n3-c3ccccc3)c(-c3ccccc3)c3c2-c2cccc4cccc-3c24)cc1. The Kier molecular flexibility index (Phi) is 6.18. The number of hydrogen-bond acceptors (Lipinski definition) is 2. The van der Waals surface area contributed by atoms with Gasteiger partial charge >= 0.3 is 0 Å². The third kappa shape index (κ3) is 4.23. The normalized spacial score (nSPS) is 11.7. The van der Waals surface area contributed by atoms with Gasteiger partial charge in [-0.25, -0.2) is 9.97 Å². The highest BCUT2D eigenvalue weighted by Gasteiger charge is 2.32. The van der Waals surface area contributed by atoms with Crippen LogP contribution >= 0.6 is 0 Å². The number of pyridine rings is 1. The van der Waals surface area contributed by atoms with Gasteiger partial charge in [-0.2, -0.15) is 0 Å². The summed E-state index contributed by atoms with van der Waals surface area (Å²) in [6, 6.07) is 62.3. The van der Waals surface area contributed by atoms with Crippen molar-refractivity contribution in [3.8, 4) is 73.0 Å². The molecule has 3 nitrogen and oxygen atoms in total. The van der Waals surface area contributed by atoms with Crippen LogP contribution in [0.1, 0.15) is 0 Å². The van der Waals surface area contributed by atoms with Gasteiger partial charge in [-0.05, 0) is 51.7 Å². The van der Waals surface area contributed by atoms with E-state index < -0.39 is 0 Å². The Hall–Kier alpha value is -6.58. The topological polar surface area (TPSA) is 30.7 Å². The Bertz CT molecular complexity index is 2690. The summed E-state index contributed by atoms with van der Waals surface area (Å²) in [5.74, 6) is 0.885. The number of para-hydroxylation sites is 3. The van der Waals surface area contributed by atoms with Crippen molar-refractivity contribution >= 4 is 21.8 Å². The highest BCUT2D eigenvalue weighted by atomic mass is 15.1. The zero-order valence-corrected chi connectivity index (χ0v) is 26.6. The van der Waals surface area contributed by atoms with Crippen LogP contribution in [0.5, 0.6) is 0 Å². The monoisotopic (exact) mass is 623 g/mol. The predicted octanol–water partition coefficient (Wildman–Crippen LogP) is 11.9. The van der Waals surface area contributed by atoms with Gasteiger partial charge in [0.25, 0.3) is 0 Å². The molecule has 0 aliphatic heterocycles. The third-order valence-corrected chi connectivity index (χ3v) is 9.75. The predicted molar refractivity (Wildman–Crippen MR) is 203 cm³/mol. The molecule has 0 N–H and O–H groups in total. The van der Waals surface area contributed by atoms with E-state index in [1.807, 2.05) is 0 Å². The molecule has 0 saturated heterocycles. The van der Waals surface area contributed by atoms with Gasteiger partial charge in [-0.15, -0.1) is 0 Å². The average Bonchev–Trinajstić information content (AvgIpc) is 3.73. The smallest absolute Gasteiger partial charge is 0.146 e. The maximum Gasteiger partial charge on any atom is 0.146 e. The molecule has 0 radical (unpaired) electrons. The maximum absolute atomic E-state index is 5.74. The summed E-state index contributed by atoms with van der Waals surface area (Å²) in [6.07, 6.45) is 0. The molecule has 0 atom stereocenters. The molecule has 0 amide bonds. The minimum Gasteiger partial charge on any atom is -0.292 e. The quantitative estimate of drug-likeness (QED) is 0.191. The summed E-state index contributed by atoms with van der Waals surface area (Å²) in [4.78, 5) is 11.0. The van der Waals surface area contributed by atoms with E-state index in [1.165, 1.54) is 33.0 Å². The minimum absolute atomic E-state index is 0.885. The van der Waals surface area contributed by atoms with Crippen LogP contribution in [0.25, 0.3) is 94.8 Å². The fraction of sp³-hybridized carbons (Fsp3) is 0. The van der Waals surface area contributed by atoms with E-state index in [0.717, 1.165) is 61.8 Å². The van der Waals surface area contributed by atoms with Gasteiger partial charge in [0, 0.05) is 39.1 Å². The number of aromatic nitrogens is 3. The Balaban J connectivity index is 1.36. The molecular formula is C46H29N3. The van der Waals surface area contributed by atoms with Crippen LogP contribution in [0.3, 0.4) is 0 Å². The minimum atomic E-state index is 0.885. The van der Waals surface area contributed by atoms with Crippen LogP contribution in [0, 0.1) is 0 Å². The van der Waals surface area contributed by atoms with E-state index in [-0.39, 0.29) is 0 Å². The molecular weight excluding hydrogens is 595 g/mol. The number of rotatable bonds is 5. The molecule has 0 saturated carbocycles. The van der Waals surface area contributed by atoms with Crippen molar-refractivity contribution in [3.05, 3.63) is 176 Å². The largest absolute Gasteiger partial charge is 0.292 e. The fourth-order valence-electron chi connectivity index (χ4n) is 7.69. The van der Waals surface area contributed by atoms with Crippen molar-refractivity contribution in [1.29, 1.82) is 0 Å². The van der Waals surface area contributed by atoms with Crippen molar-refractivity contribution in [2.45, 2.75) is 0 Å². The van der Waals surface area contributed by atoms with Gasteiger partial charge in [0.15, 0.2) is 0 Å². The highest BCUT2D eigenvalue weighted by Crippen LogP contribution is 2.56. The molecule has 49 heavy (non-hydrogen) atoms. The van der Waals surface area contributed by atoms with Gasteiger partial charge in [0.05, 0.1) is 22.4 Å². The molecule has 3 heteroatoms. The van der Waals surface area contributed by atoms with Crippen molar-refractivity contribution in [1.82, 2.24) is 14.5 Å². The molecule has 0 unspecified atom stereocenters. The molecule has 2 heterocycles. The second kappa shape index (κ2) is 11.0. The van der Waals surface area contributed by atoms with Gasteiger partial charge in [0.2, 0.25) is 0 Å². The number of nitrogens with zero attached hydrogens (tertiary/aromatic N) is 3. The van der Waals surface area contributed by atoms with Gasteiger partial charge in [0.1, 0.15) is 5.82 Å². The Morgan fingerprint density at radius 1 is 0.367 bits per heavy atom. The molecule has 10 rings (SSSR count). The summed E-state index contributed by atoms with van der Waals surface area (Å²) < 4.78 is 2.28. The summed E-state index contributed by atoms with van der Waals surface area (Å²) >= 11 is 0. The first kappa shape index (κ1) is 27.5. The molecule has 2 aromatic heterocycles. The maximum atomic E-state index is 5.74. The summed E-state index contributed by atoms with van der Waals surface area (Å²) in [5.41, 5.74) is 15.3. The molecule has 0 fully saturated rings. The van der Waals surface area contributed by atoms with Crippen molar-refractivity contribution in [2.24, 2.45) is 0 Å². The van der Waals surface area contributed by atoms with Gasteiger partial charge < -0.3 is 0 Å². The Morgan fingerprint density at radius 3 is 1.67 bits per heavy atom. The Morgan fingerprint density at radius 2 is 0.939 bits per heavy atom. The summed E-state index contributed by atoms with van der Waals surface area (Å²) in [5, 5.41) is 2.52. The zero-order chi connectivity index (χ0) is 32.3. The van der Waals surface area contributed by atoms with Crippen molar-refractivity contribution in [2.75, 3.05) is 0 Å². The molecule has 9 aromatic rings. The molecule has 0 spiro atoms. The Labute approximate surface area is 284 Å². The standard InChI is InChI=1S/C46H29N3/c1-4-16-31(17-5-1)41-42-36-26-14-20-30-21-15-27-37(40(30)36)43(42)44(32-18-6-2-7-19-32)48-45(41)34-24-10-11-25-35(34)46-47-38-28-12-13-29-39(38)49(46)33-22-8-3-9-23-33/h1-29H. The first-order valence-corrected chi connectivity index (χ1v) is 16.7. The fourth-order valence-corrected chi connectivity index (χ4v) is 7.69. The first-order chi connectivity index (χ1) is 24.3. The van der Waals surface area contributed by atoms with E-state index in [2.05, 4.69) is 180 Å². The molecule has 228 valence electrons. The van der Waals surface area contributed by atoms with Crippen molar-refractivity contribution in [3.63, 3.8) is 0 Å². The number of benzene rings is 7. The molecule has 1 aliphatic carbocycles. The summed E-state index contributed by atoms with van der Waals surface area (Å²) in [7, 11) is 0. The van der Waals surface area contributed by atoms with Crippen LogP contribution in [-0.4, -0.2) is 14.5 Å². The molecule has 0 bridgehead atoms. The van der Waals surface area contributed by atoms with E-state index in [9.17, 15) is 0 Å². The number of imidazole rings is 1. The van der Waals surface area contributed by atoms with Crippen LogP contribution in [0.2, 0.25) is 0 Å². The van der Waals surface area contributed by atoms with Crippen LogP contribution in [-0.2, 0) is 0 Å². The van der Waals surface area contributed by atoms with E-state index >= 15 is 0 Å². The lowest BCUT2D eigenvalue weighted by molar-refractivity contribution is 1.10.